The molecule has 0 saturated carbocycles. The van der Waals surface area contributed by atoms with E-state index in [1.807, 2.05) is 48.5 Å². The van der Waals surface area contributed by atoms with Gasteiger partial charge in [-0.3, -0.25) is 0 Å². The van der Waals surface area contributed by atoms with Gasteiger partial charge in [0.25, 0.3) is 0 Å². The first-order valence-corrected chi connectivity index (χ1v) is 9.77. The third-order valence-electron chi connectivity index (χ3n) is 4.53. The quantitative estimate of drug-likeness (QED) is 0.466. The molecule has 2 rings (SSSR count). The van der Waals surface area contributed by atoms with Crippen molar-refractivity contribution >= 4 is 11.9 Å². The molecule has 0 fully saturated rings. The van der Waals surface area contributed by atoms with Crippen LogP contribution in [0.25, 0.3) is 20.8 Å². The zero-order valence-electron chi connectivity index (χ0n) is 17.1. The summed E-state index contributed by atoms with van der Waals surface area (Å²) in [6.45, 7) is 18.4. The van der Waals surface area contributed by atoms with Crippen molar-refractivity contribution < 1.29 is 19.1 Å². The van der Waals surface area contributed by atoms with Gasteiger partial charge in [-0.15, -0.1) is 0 Å². The van der Waals surface area contributed by atoms with E-state index in [-0.39, 0.29) is 13.2 Å². The van der Waals surface area contributed by atoms with Crippen LogP contribution in [0.5, 0.6) is 0 Å². The SMILES string of the molecule is [C-]#[N+]C(Cc1ccc(-c2ccc(CC([N+]#[C-])C(=O)OCC)cc2)cc1)C(=O)OCC. The van der Waals surface area contributed by atoms with Crippen LogP contribution >= 0.6 is 0 Å². The molecule has 30 heavy (non-hydrogen) atoms. The zero-order chi connectivity index (χ0) is 21.9. The lowest BCUT2D eigenvalue weighted by Crippen LogP contribution is -2.22. The van der Waals surface area contributed by atoms with E-state index in [4.69, 9.17) is 22.6 Å². The van der Waals surface area contributed by atoms with Gasteiger partial charge in [0, 0.05) is 0 Å². The van der Waals surface area contributed by atoms with E-state index in [9.17, 15) is 9.59 Å². The van der Waals surface area contributed by atoms with Crippen LogP contribution in [0.1, 0.15) is 25.0 Å². The van der Waals surface area contributed by atoms with E-state index >= 15 is 0 Å². The molecule has 6 heteroatoms. The van der Waals surface area contributed by atoms with Crippen LogP contribution < -0.4 is 0 Å². The van der Waals surface area contributed by atoms with Gasteiger partial charge in [0.15, 0.2) is 0 Å². The Bertz CT molecular complexity index is 858. The summed E-state index contributed by atoms with van der Waals surface area (Å²) in [5.41, 5.74) is 3.76. The molecular formula is C24H24N2O4. The maximum Gasteiger partial charge on any atom is 0.390 e. The Balaban J connectivity index is 2.05. The summed E-state index contributed by atoms with van der Waals surface area (Å²) >= 11 is 0. The molecule has 0 saturated heterocycles. The minimum Gasteiger partial charge on any atom is -0.460 e. The number of hydrogen-bond donors (Lipinski definition) is 0. The standard InChI is InChI=1S/C24H24N2O4/c1-5-29-23(27)21(25-3)15-17-7-11-19(12-8-17)20-13-9-18(10-14-20)16-22(26-4)24(28)30-6-2/h7-14,21-22H,5-6,15-16H2,1-2H3. The number of carbonyl (C=O) groups is 2. The molecule has 0 spiro atoms. The number of carbonyl (C=O) groups excluding carboxylic acids is 2. The van der Waals surface area contributed by atoms with Gasteiger partial charge >= 0.3 is 24.0 Å². The van der Waals surface area contributed by atoms with Gasteiger partial charge in [-0.05, 0) is 36.1 Å². The van der Waals surface area contributed by atoms with E-state index in [1.54, 1.807) is 13.8 Å². The summed E-state index contributed by atoms with van der Waals surface area (Å²) in [6, 6.07) is 13.7. The van der Waals surface area contributed by atoms with Gasteiger partial charge in [0.1, 0.15) is 0 Å². The molecule has 0 aliphatic rings. The van der Waals surface area contributed by atoms with Gasteiger partial charge in [-0.25, -0.2) is 22.7 Å². The summed E-state index contributed by atoms with van der Waals surface area (Å²) < 4.78 is 9.87. The number of benzene rings is 2. The Hall–Kier alpha value is -3.64. The summed E-state index contributed by atoms with van der Waals surface area (Å²) in [5.74, 6) is -0.986. The third kappa shape index (κ3) is 6.18. The second-order valence-corrected chi connectivity index (χ2v) is 6.60. The minimum atomic E-state index is -0.829. The van der Waals surface area contributed by atoms with E-state index in [0.29, 0.717) is 12.8 Å². The first-order valence-electron chi connectivity index (χ1n) is 9.77. The van der Waals surface area contributed by atoms with Crippen LogP contribution in [-0.2, 0) is 31.9 Å². The van der Waals surface area contributed by atoms with Crippen LogP contribution in [0.4, 0.5) is 0 Å². The van der Waals surface area contributed by atoms with Crippen molar-refractivity contribution in [2.45, 2.75) is 38.8 Å². The summed E-state index contributed by atoms with van der Waals surface area (Å²) in [5, 5.41) is 0. The van der Waals surface area contributed by atoms with Crippen molar-refractivity contribution in [3.63, 3.8) is 0 Å². The van der Waals surface area contributed by atoms with Crippen LogP contribution in [0.3, 0.4) is 0 Å². The maximum absolute atomic E-state index is 11.8. The van der Waals surface area contributed by atoms with Crippen molar-refractivity contribution in [3.8, 4) is 11.1 Å². The predicted octanol–water partition coefficient (Wildman–Crippen LogP) is 4.14. The largest absolute Gasteiger partial charge is 0.460 e. The molecule has 0 bridgehead atoms. The molecule has 2 atom stereocenters. The minimum absolute atomic E-state index is 0.260. The molecule has 154 valence electrons. The average molecular weight is 404 g/mol. The highest BCUT2D eigenvalue weighted by atomic mass is 16.5. The van der Waals surface area contributed by atoms with E-state index in [1.165, 1.54) is 0 Å². The summed E-state index contributed by atoms with van der Waals surface area (Å²) in [7, 11) is 0. The number of ether oxygens (including phenoxy) is 2. The van der Waals surface area contributed by atoms with Gasteiger partial charge in [0.05, 0.1) is 26.1 Å². The highest BCUT2D eigenvalue weighted by Crippen LogP contribution is 2.22. The highest BCUT2D eigenvalue weighted by Gasteiger charge is 2.26. The van der Waals surface area contributed by atoms with E-state index in [0.717, 1.165) is 22.3 Å². The number of nitrogens with zero attached hydrogens (tertiary/aromatic N) is 2. The molecule has 0 aliphatic heterocycles. The van der Waals surface area contributed by atoms with Crippen LogP contribution in [0.2, 0.25) is 0 Å². The molecule has 2 aromatic carbocycles. The molecule has 0 heterocycles. The fourth-order valence-electron chi connectivity index (χ4n) is 2.95. The molecule has 2 unspecified atom stereocenters. The molecule has 0 aliphatic carbocycles. The van der Waals surface area contributed by atoms with Crippen molar-refractivity contribution in [1.29, 1.82) is 0 Å². The molecule has 0 radical (unpaired) electrons. The van der Waals surface area contributed by atoms with Crippen LogP contribution in [-0.4, -0.2) is 37.2 Å². The van der Waals surface area contributed by atoms with Crippen molar-refractivity contribution in [1.82, 2.24) is 0 Å². The average Bonchev–Trinajstić information content (AvgIpc) is 2.77. The first kappa shape index (κ1) is 22.6. The first-order chi connectivity index (χ1) is 14.5. The summed E-state index contributed by atoms with van der Waals surface area (Å²) in [6.07, 6.45) is 0.626. The Morgan fingerprint density at radius 2 is 1.07 bits per heavy atom. The smallest absolute Gasteiger partial charge is 0.390 e. The summed E-state index contributed by atoms with van der Waals surface area (Å²) in [4.78, 5) is 30.3. The van der Waals surface area contributed by atoms with Gasteiger partial charge in [0.2, 0.25) is 0 Å². The molecule has 2 aromatic rings. The second-order valence-electron chi connectivity index (χ2n) is 6.60. The molecule has 0 aromatic heterocycles. The topological polar surface area (TPSA) is 61.3 Å². The second kappa shape index (κ2) is 11.4. The maximum atomic E-state index is 11.8. The third-order valence-corrected chi connectivity index (χ3v) is 4.53. The van der Waals surface area contributed by atoms with Crippen LogP contribution in [0.15, 0.2) is 48.5 Å². The number of hydrogen-bond acceptors (Lipinski definition) is 4. The Morgan fingerprint density at radius 1 is 0.733 bits per heavy atom. The Labute approximate surface area is 177 Å². The lowest BCUT2D eigenvalue weighted by molar-refractivity contribution is -0.144. The lowest BCUT2D eigenvalue weighted by Gasteiger charge is -2.08. The lowest BCUT2D eigenvalue weighted by atomic mass is 9.98. The fourth-order valence-corrected chi connectivity index (χ4v) is 2.95. The highest BCUT2D eigenvalue weighted by molar-refractivity contribution is 5.78. The van der Waals surface area contributed by atoms with Gasteiger partial charge < -0.3 is 19.2 Å². The number of esters is 2. The molecular weight excluding hydrogens is 380 g/mol. The molecule has 0 amide bonds. The Kier molecular flexibility index (Phi) is 8.59. The Morgan fingerprint density at radius 3 is 1.33 bits per heavy atom. The molecule has 0 N–H and O–H groups in total. The normalized spacial score (nSPS) is 12.1. The zero-order valence-corrected chi connectivity index (χ0v) is 17.1. The van der Waals surface area contributed by atoms with Crippen LogP contribution in [0, 0.1) is 13.1 Å². The van der Waals surface area contributed by atoms with Gasteiger partial charge in [-0.1, -0.05) is 48.5 Å². The van der Waals surface area contributed by atoms with Crippen molar-refractivity contribution in [2.24, 2.45) is 0 Å². The predicted molar refractivity (Wildman–Crippen MR) is 113 cm³/mol. The fraction of sp³-hybridized carbons (Fsp3) is 0.333. The number of rotatable bonds is 9. The van der Waals surface area contributed by atoms with E-state index < -0.39 is 24.0 Å². The monoisotopic (exact) mass is 404 g/mol. The van der Waals surface area contributed by atoms with Crippen molar-refractivity contribution in [2.75, 3.05) is 13.2 Å². The van der Waals surface area contributed by atoms with E-state index in [2.05, 4.69) is 9.69 Å². The van der Waals surface area contributed by atoms with Gasteiger partial charge in [-0.2, -0.15) is 0 Å². The molecule has 6 nitrogen and oxygen atoms in total. The van der Waals surface area contributed by atoms with Crippen molar-refractivity contribution in [3.05, 3.63) is 82.5 Å².